The molecular weight excluding hydrogens is 242 g/mol. The molecular formula is C14H22N3S+. The second-order valence-corrected chi connectivity index (χ2v) is 4.48. The monoisotopic (exact) mass is 264 g/mol. The maximum Gasteiger partial charge on any atom is 0.297 e. The first-order chi connectivity index (χ1) is 8.83. The maximum atomic E-state index is 6.08. The van der Waals surface area contributed by atoms with Crippen molar-refractivity contribution in [3.05, 3.63) is 41.4 Å². The van der Waals surface area contributed by atoms with E-state index < -0.39 is 0 Å². The Bertz CT molecular complexity index is 451. The molecule has 2 aromatic rings. The van der Waals surface area contributed by atoms with Crippen LogP contribution in [0.25, 0.3) is 10.6 Å². The van der Waals surface area contributed by atoms with E-state index in [9.17, 15) is 0 Å². The van der Waals surface area contributed by atoms with Gasteiger partial charge >= 0.3 is 0 Å². The molecule has 1 aromatic carbocycles. The van der Waals surface area contributed by atoms with E-state index in [4.69, 9.17) is 5.84 Å². The van der Waals surface area contributed by atoms with Crippen LogP contribution in [0.3, 0.4) is 0 Å². The first-order valence-corrected chi connectivity index (χ1v) is 7.18. The third-order valence-electron chi connectivity index (χ3n) is 2.49. The third kappa shape index (κ3) is 3.55. The van der Waals surface area contributed by atoms with Crippen molar-refractivity contribution in [2.75, 3.05) is 19.4 Å². The van der Waals surface area contributed by atoms with Gasteiger partial charge in [-0.25, -0.2) is 5.84 Å². The Kier molecular flexibility index (Phi) is 6.39. The van der Waals surface area contributed by atoms with Crippen LogP contribution in [-0.2, 0) is 6.42 Å². The molecule has 1 heterocycles. The SMILES string of the molecule is CC.CNCCc1csc(-c2ccccc2)[n+]1N. The van der Waals surface area contributed by atoms with Crippen molar-refractivity contribution in [3.8, 4) is 10.6 Å². The van der Waals surface area contributed by atoms with E-state index in [1.54, 1.807) is 16.0 Å². The van der Waals surface area contributed by atoms with Crippen LogP contribution in [-0.4, -0.2) is 13.6 Å². The maximum absolute atomic E-state index is 6.08. The molecule has 0 bridgehead atoms. The van der Waals surface area contributed by atoms with Crippen LogP contribution >= 0.6 is 11.3 Å². The molecule has 0 aliphatic heterocycles. The molecule has 98 valence electrons. The lowest BCUT2D eigenvalue weighted by Gasteiger charge is -1.95. The fourth-order valence-electron chi connectivity index (χ4n) is 1.59. The fraction of sp³-hybridized carbons (Fsp3) is 0.357. The van der Waals surface area contributed by atoms with Crippen molar-refractivity contribution in [1.29, 1.82) is 0 Å². The van der Waals surface area contributed by atoms with Crippen molar-refractivity contribution in [2.24, 2.45) is 0 Å². The molecule has 2 rings (SSSR count). The molecule has 0 atom stereocenters. The van der Waals surface area contributed by atoms with E-state index in [0.717, 1.165) is 18.0 Å². The average Bonchev–Trinajstić information content (AvgIpc) is 2.81. The number of thiazole rings is 1. The highest BCUT2D eigenvalue weighted by Crippen LogP contribution is 2.20. The Balaban J connectivity index is 0.000000771. The molecule has 0 amide bonds. The van der Waals surface area contributed by atoms with Gasteiger partial charge in [0.05, 0.1) is 10.9 Å². The molecule has 0 saturated heterocycles. The molecule has 0 aliphatic rings. The lowest BCUT2D eigenvalue weighted by Crippen LogP contribution is -2.48. The van der Waals surface area contributed by atoms with Gasteiger partial charge in [0.15, 0.2) is 0 Å². The second-order valence-electron chi connectivity index (χ2n) is 3.62. The topological polar surface area (TPSA) is 41.9 Å². The first-order valence-electron chi connectivity index (χ1n) is 6.30. The normalized spacial score (nSPS) is 9.72. The highest BCUT2D eigenvalue weighted by molar-refractivity contribution is 7.12. The number of nitrogens with zero attached hydrogens (tertiary/aromatic N) is 1. The third-order valence-corrected chi connectivity index (χ3v) is 3.53. The molecule has 0 spiro atoms. The van der Waals surface area contributed by atoms with Gasteiger partial charge in [0.2, 0.25) is 5.69 Å². The minimum Gasteiger partial charge on any atom is -0.319 e. The number of hydrogen-bond donors (Lipinski definition) is 2. The number of benzene rings is 1. The van der Waals surface area contributed by atoms with E-state index in [1.165, 1.54) is 11.3 Å². The van der Waals surface area contributed by atoms with Crippen LogP contribution in [0, 0.1) is 0 Å². The molecule has 1 aromatic heterocycles. The Hall–Kier alpha value is -1.39. The number of likely N-dealkylation sites (N-methyl/N-ethyl adjacent to an activating group) is 1. The van der Waals surface area contributed by atoms with Gasteiger partial charge in [0.25, 0.3) is 5.01 Å². The Morgan fingerprint density at radius 3 is 2.50 bits per heavy atom. The van der Waals surface area contributed by atoms with Gasteiger partial charge in [-0.05, 0) is 19.2 Å². The summed E-state index contributed by atoms with van der Waals surface area (Å²) in [6.07, 6.45) is 0.955. The minimum absolute atomic E-state index is 0.947. The highest BCUT2D eigenvalue weighted by atomic mass is 32.1. The predicted molar refractivity (Wildman–Crippen MR) is 79.1 cm³/mol. The van der Waals surface area contributed by atoms with Gasteiger partial charge in [-0.3, -0.25) is 0 Å². The molecule has 18 heavy (non-hydrogen) atoms. The standard InChI is InChI=1S/C12H16N3S.C2H6/c1-14-8-7-11-9-16-12(15(11)13)10-5-3-2-4-6-10;1-2/h2-6,9,14H,7-8,13H2,1H3;1-2H3/q+1;. The van der Waals surface area contributed by atoms with E-state index in [0.29, 0.717) is 0 Å². The second kappa shape index (κ2) is 7.84. The predicted octanol–water partition coefficient (Wildman–Crippen LogP) is 2.20. The van der Waals surface area contributed by atoms with Crippen molar-refractivity contribution < 1.29 is 4.68 Å². The molecule has 0 aliphatic carbocycles. The highest BCUT2D eigenvalue weighted by Gasteiger charge is 2.18. The quantitative estimate of drug-likeness (QED) is 0.657. The number of hydrogen-bond acceptors (Lipinski definition) is 3. The molecule has 0 radical (unpaired) electrons. The zero-order valence-electron chi connectivity index (χ0n) is 11.3. The Morgan fingerprint density at radius 1 is 1.22 bits per heavy atom. The van der Waals surface area contributed by atoms with Gasteiger partial charge in [-0.2, -0.15) is 0 Å². The van der Waals surface area contributed by atoms with Crippen LogP contribution in [0.2, 0.25) is 0 Å². The van der Waals surface area contributed by atoms with Crippen molar-refractivity contribution in [2.45, 2.75) is 20.3 Å². The summed E-state index contributed by atoms with van der Waals surface area (Å²) in [5, 5.41) is 6.36. The van der Waals surface area contributed by atoms with Gasteiger partial charge in [0.1, 0.15) is 0 Å². The summed E-state index contributed by atoms with van der Waals surface area (Å²) in [5.41, 5.74) is 2.34. The van der Waals surface area contributed by atoms with Gasteiger partial charge in [-0.15, -0.1) is 0 Å². The van der Waals surface area contributed by atoms with Crippen molar-refractivity contribution in [3.63, 3.8) is 0 Å². The van der Waals surface area contributed by atoms with Crippen LogP contribution in [0.4, 0.5) is 0 Å². The first kappa shape index (κ1) is 14.7. The smallest absolute Gasteiger partial charge is 0.297 e. The lowest BCUT2D eigenvalue weighted by atomic mass is 10.2. The number of nitrogens with one attached hydrogen (secondary N) is 1. The van der Waals surface area contributed by atoms with E-state index in [-0.39, 0.29) is 0 Å². The Morgan fingerprint density at radius 2 is 1.89 bits per heavy atom. The molecule has 0 unspecified atom stereocenters. The van der Waals surface area contributed by atoms with Crippen molar-refractivity contribution >= 4 is 11.3 Å². The molecule has 4 heteroatoms. The number of rotatable bonds is 4. The molecule has 3 N–H and O–H groups in total. The van der Waals surface area contributed by atoms with E-state index in [2.05, 4.69) is 22.8 Å². The summed E-state index contributed by atoms with van der Waals surface area (Å²) in [7, 11) is 1.95. The summed E-state index contributed by atoms with van der Waals surface area (Å²) in [5.74, 6) is 6.08. The van der Waals surface area contributed by atoms with E-state index >= 15 is 0 Å². The van der Waals surface area contributed by atoms with Crippen LogP contribution in [0.1, 0.15) is 19.5 Å². The average molecular weight is 264 g/mol. The van der Waals surface area contributed by atoms with Crippen LogP contribution < -0.4 is 15.8 Å². The van der Waals surface area contributed by atoms with E-state index in [1.807, 2.05) is 39.1 Å². The fourth-order valence-corrected chi connectivity index (χ4v) is 2.57. The van der Waals surface area contributed by atoms with Crippen LogP contribution in [0.15, 0.2) is 35.7 Å². The molecule has 3 nitrogen and oxygen atoms in total. The van der Waals surface area contributed by atoms with Gasteiger partial charge < -0.3 is 5.32 Å². The molecule has 0 saturated carbocycles. The summed E-state index contributed by atoms with van der Waals surface area (Å²) >= 11 is 1.69. The zero-order chi connectivity index (χ0) is 13.4. The zero-order valence-corrected chi connectivity index (χ0v) is 12.1. The summed E-state index contributed by atoms with van der Waals surface area (Å²) in [6.45, 7) is 4.95. The molecule has 0 fully saturated rings. The number of aromatic nitrogens is 1. The van der Waals surface area contributed by atoms with Gasteiger partial charge in [-0.1, -0.05) is 48.1 Å². The van der Waals surface area contributed by atoms with Crippen molar-refractivity contribution in [1.82, 2.24) is 5.32 Å². The summed E-state index contributed by atoms with van der Waals surface area (Å²) < 4.78 is 1.79. The van der Waals surface area contributed by atoms with Gasteiger partial charge in [0, 0.05) is 13.0 Å². The Labute approximate surface area is 113 Å². The minimum atomic E-state index is 0.947. The van der Waals surface area contributed by atoms with Crippen LogP contribution in [0.5, 0.6) is 0 Å². The summed E-state index contributed by atoms with van der Waals surface area (Å²) in [4.78, 5) is 0. The number of nitrogens with two attached hydrogens (primary N) is 1. The number of nitrogen functional groups attached to an aromatic ring is 1. The largest absolute Gasteiger partial charge is 0.319 e. The lowest BCUT2D eigenvalue weighted by molar-refractivity contribution is -0.630. The summed E-state index contributed by atoms with van der Waals surface area (Å²) in [6, 6.07) is 10.2.